The molecule has 28 heavy (non-hydrogen) atoms. The summed E-state index contributed by atoms with van der Waals surface area (Å²) in [6.07, 6.45) is 5.23. The number of anilines is 1. The molecule has 0 radical (unpaired) electrons. The minimum atomic E-state index is 0.314. The van der Waals surface area contributed by atoms with Gasteiger partial charge in [0.2, 0.25) is 0 Å². The number of aromatic nitrogens is 5. The molecule has 142 valence electrons. The van der Waals surface area contributed by atoms with Crippen LogP contribution in [0.25, 0.3) is 28.0 Å². The molecule has 0 unspecified atom stereocenters. The molecule has 4 aromatic rings. The predicted octanol–water partition coefficient (Wildman–Crippen LogP) is 3.96. The third kappa shape index (κ3) is 2.89. The molecule has 1 aliphatic rings. The fourth-order valence-electron chi connectivity index (χ4n) is 3.86. The Morgan fingerprint density at radius 2 is 1.93 bits per heavy atom. The van der Waals surface area contributed by atoms with Crippen LogP contribution in [0.5, 0.6) is 0 Å². The number of ether oxygens (including phenoxy) is 1. The number of halogens is 1. The van der Waals surface area contributed by atoms with E-state index in [1.165, 1.54) is 6.33 Å². The Labute approximate surface area is 170 Å². The van der Waals surface area contributed by atoms with Gasteiger partial charge in [-0.2, -0.15) is 10.2 Å². The van der Waals surface area contributed by atoms with Crippen LogP contribution in [-0.4, -0.2) is 37.6 Å². The average molecular weight is 439 g/mol. The average Bonchev–Trinajstić information content (AvgIpc) is 3.34. The second kappa shape index (κ2) is 7.03. The Morgan fingerprint density at radius 1 is 1.07 bits per heavy atom. The number of nitrogen functional groups attached to an aromatic ring is 1. The molecule has 1 fully saturated rings. The van der Waals surface area contributed by atoms with E-state index in [1.54, 1.807) is 0 Å². The van der Waals surface area contributed by atoms with Crippen molar-refractivity contribution in [1.82, 2.24) is 24.4 Å². The van der Waals surface area contributed by atoms with E-state index in [0.29, 0.717) is 11.9 Å². The molecular formula is C20H19BrN6O. The third-order valence-electron chi connectivity index (χ3n) is 5.19. The zero-order valence-corrected chi connectivity index (χ0v) is 16.7. The normalized spacial score (nSPS) is 15.3. The van der Waals surface area contributed by atoms with E-state index in [-0.39, 0.29) is 0 Å². The summed E-state index contributed by atoms with van der Waals surface area (Å²) < 4.78 is 10.5. The van der Waals surface area contributed by atoms with Crippen LogP contribution in [0.2, 0.25) is 0 Å². The summed E-state index contributed by atoms with van der Waals surface area (Å²) in [5.74, 6) is 0.450. The van der Waals surface area contributed by atoms with Gasteiger partial charge in [-0.1, -0.05) is 28.1 Å². The Bertz CT molecular complexity index is 1140. The van der Waals surface area contributed by atoms with Gasteiger partial charge in [0, 0.05) is 35.0 Å². The van der Waals surface area contributed by atoms with E-state index in [4.69, 9.17) is 10.5 Å². The van der Waals surface area contributed by atoms with Gasteiger partial charge in [0.1, 0.15) is 11.8 Å². The summed E-state index contributed by atoms with van der Waals surface area (Å²) in [4.78, 5) is 4.23. The van der Waals surface area contributed by atoms with Gasteiger partial charge in [-0.3, -0.25) is 4.68 Å². The minimum Gasteiger partial charge on any atom is -0.382 e. The van der Waals surface area contributed by atoms with Gasteiger partial charge >= 0.3 is 0 Å². The van der Waals surface area contributed by atoms with Gasteiger partial charge in [-0.15, -0.1) is 0 Å². The number of nitrogens with zero attached hydrogens (tertiary/aromatic N) is 5. The molecular weight excluding hydrogens is 420 g/mol. The first-order valence-corrected chi connectivity index (χ1v) is 10.0. The van der Waals surface area contributed by atoms with Crippen molar-refractivity contribution in [2.24, 2.45) is 0 Å². The molecule has 0 amide bonds. The molecule has 7 nitrogen and oxygen atoms in total. The SMILES string of the molecule is Nc1ncnn2c(-c3cccc(Br)c3)cc(-c3ccnn3C3CCOCC3)c12. The molecule has 5 rings (SSSR count). The largest absolute Gasteiger partial charge is 0.382 e. The molecule has 0 atom stereocenters. The van der Waals surface area contributed by atoms with Crippen molar-refractivity contribution in [2.45, 2.75) is 18.9 Å². The highest BCUT2D eigenvalue weighted by Crippen LogP contribution is 2.37. The number of fused-ring (bicyclic) bond motifs is 1. The van der Waals surface area contributed by atoms with Gasteiger partial charge in [0.05, 0.1) is 17.4 Å². The first kappa shape index (κ1) is 17.4. The Balaban J connectivity index is 1.72. The lowest BCUT2D eigenvalue weighted by atomic mass is 10.1. The molecule has 8 heteroatoms. The van der Waals surface area contributed by atoms with Crippen LogP contribution in [0.3, 0.4) is 0 Å². The molecule has 3 aromatic heterocycles. The third-order valence-corrected chi connectivity index (χ3v) is 5.68. The van der Waals surface area contributed by atoms with Gasteiger partial charge in [0.15, 0.2) is 5.82 Å². The number of nitrogens with two attached hydrogens (primary N) is 1. The molecule has 1 aromatic carbocycles. The standard InChI is InChI=1S/C20H19BrN6O/c21-14-3-1-2-13(10-14)18-11-16(19-20(22)23-12-25-27(18)19)17-4-7-24-26(17)15-5-8-28-9-6-15/h1-4,7,10-12,15H,5-6,8-9H2,(H2,22,23,25). The highest BCUT2D eigenvalue weighted by atomic mass is 79.9. The highest BCUT2D eigenvalue weighted by Gasteiger charge is 2.23. The molecule has 0 saturated carbocycles. The molecule has 1 saturated heterocycles. The van der Waals surface area contributed by atoms with Crippen LogP contribution < -0.4 is 5.73 Å². The zero-order chi connectivity index (χ0) is 19.1. The summed E-state index contributed by atoms with van der Waals surface area (Å²) in [6, 6.07) is 12.6. The van der Waals surface area contributed by atoms with Crippen molar-refractivity contribution in [1.29, 1.82) is 0 Å². The van der Waals surface area contributed by atoms with E-state index in [1.807, 2.05) is 28.9 Å². The van der Waals surface area contributed by atoms with Gasteiger partial charge in [0.25, 0.3) is 0 Å². The van der Waals surface area contributed by atoms with E-state index >= 15 is 0 Å². The van der Waals surface area contributed by atoms with Crippen LogP contribution in [0.4, 0.5) is 5.82 Å². The Kier molecular flexibility index (Phi) is 4.37. The predicted molar refractivity (Wildman–Crippen MR) is 111 cm³/mol. The fourth-order valence-corrected chi connectivity index (χ4v) is 4.26. The lowest BCUT2D eigenvalue weighted by molar-refractivity contribution is 0.0667. The van der Waals surface area contributed by atoms with Crippen LogP contribution >= 0.6 is 15.9 Å². The second-order valence-electron chi connectivity index (χ2n) is 6.86. The van der Waals surface area contributed by atoms with Crippen molar-refractivity contribution in [2.75, 3.05) is 18.9 Å². The van der Waals surface area contributed by atoms with Crippen molar-refractivity contribution < 1.29 is 4.74 Å². The van der Waals surface area contributed by atoms with Gasteiger partial charge in [-0.25, -0.2) is 9.50 Å². The van der Waals surface area contributed by atoms with Crippen LogP contribution in [0.1, 0.15) is 18.9 Å². The lowest BCUT2D eigenvalue weighted by Gasteiger charge is -2.24. The van der Waals surface area contributed by atoms with E-state index in [0.717, 1.165) is 58.6 Å². The maximum Gasteiger partial charge on any atom is 0.152 e. The molecule has 0 aliphatic carbocycles. The topological polar surface area (TPSA) is 83.3 Å². The second-order valence-corrected chi connectivity index (χ2v) is 7.78. The summed E-state index contributed by atoms with van der Waals surface area (Å²) in [6.45, 7) is 1.52. The first-order chi connectivity index (χ1) is 13.7. The minimum absolute atomic E-state index is 0.314. The van der Waals surface area contributed by atoms with Crippen molar-refractivity contribution in [3.8, 4) is 22.5 Å². The smallest absolute Gasteiger partial charge is 0.152 e. The maximum atomic E-state index is 6.28. The molecule has 0 bridgehead atoms. The number of hydrogen-bond acceptors (Lipinski definition) is 5. The summed E-state index contributed by atoms with van der Waals surface area (Å²) in [5, 5.41) is 9.09. The number of hydrogen-bond donors (Lipinski definition) is 1. The van der Waals surface area contributed by atoms with Crippen molar-refractivity contribution in [3.05, 3.63) is 53.4 Å². The van der Waals surface area contributed by atoms with Gasteiger partial charge < -0.3 is 10.5 Å². The first-order valence-electron chi connectivity index (χ1n) is 9.22. The summed E-state index contributed by atoms with van der Waals surface area (Å²) in [5.41, 5.74) is 11.1. The maximum absolute atomic E-state index is 6.28. The lowest BCUT2D eigenvalue weighted by Crippen LogP contribution is -2.21. The zero-order valence-electron chi connectivity index (χ0n) is 15.1. The monoisotopic (exact) mass is 438 g/mol. The highest BCUT2D eigenvalue weighted by molar-refractivity contribution is 9.10. The van der Waals surface area contributed by atoms with Crippen LogP contribution in [-0.2, 0) is 4.74 Å². The fraction of sp³-hybridized carbons (Fsp3) is 0.250. The van der Waals surface area contributed by atoms with E-state index in [9.17, 15) is 0 Å². The number of benzene rings is 1. The van der Waals surface area contributed by atoms with Gasteiger partial charge in [-0.05, 0) is 37.1 Å². The van der Waals surface area contributed by atoms with Crippen LogP contribution in [0.15, 0.2) is 53.4 Å². The quantitative estimate of drug-likeness (QED) is 0.523. The van der Waals surface area contributed by atoms with Crippen molar-refractivity contribution in [3.63, 3.8) is 0 Å². The van der Waals surface area contributed by atoms with Crippen molar-refractivity contribution >= 4 is 27.3 Å². The molecule has 1 aliphatic heterocycles. The molecule has 0 spiro atoms. The van der Waals surface area contributed by atoms with E-state index < -0.39 is 0 Å². The van der Waals surface area contributed by atoms with Crippen LogP contribution in [0, 0.1) is 0 Å². The number of rotatable bonds is 3. The molecule has 4 heterocycles. The molecule has 2 N–H and O–H groups in total. The Morgan fingerprint density at radius 3 is 2.75 bits per heavy atom. The Hall–Kier alpha value is -2.71. The summed E-state index contributed by atoms with van der Waals surface area (Å²) in [7, 11) is 0. The summed E-state index contributed by atoms with van der Waals surface area (Å²) >= 11 is 3.55. The van der Waals surface area contributed by atoms with E-state index in [2.05, 4.69) is 54.0 Å².